The Bertz CT molecular complexity index is 5970. The van der Waals surface area contributed by atoms with E-state index in [0.29, 0.717) is 0 Å². The van der Waals surface area contributed by atoms with Crippen molar-refractivity contribution < 1.29 is 8.83 Å². The third-order valence-electron chi connectivity index (χ3n) is 21.2. The van der Waals surface area contributed by atoms with Gasteiger partial charge in [0.25, 0.3) is 0 Å². The van der Waals surface area contributed by atoms with Crippen LogP contribution in [0.4, 0.5) is 68.2 Å². The second-order valence-corrected chi connectivity index (χ2v) is 38.0. The number of hydrogen-bond acceptors (Lipinski definition) is 6. The molecule has 7 heteroatoms. The molecule has 2 aromatic heterocycles. The number of benzene rings is 16. The van der Waals surface area contributed by atoms with Gasteiger partial charge in [-0.05, 0) is 113 Å². The molecule has 3 heterocycles. The molecule has 0 radical (unpaired) electrons. The van der Waals surface area contributed by atoms with Crippen LogP contribution in [0, 0.1) is 0 Å². The maximum atomic E-state index is 7.14. The first-order valence-corrected chi connectivity index (χ1v) is 42.6. The molecule has 0 N–H and O–H groups in total. The molecule has 0 saturated carbocycles. The number of furan rings is 2. The quantitative estimate of drug-likeness (QED) is 0.0898. The van der Waals surface area contributed by atoms with E-state index in [2.05, 4.69) is 444 Å². The monoisotopic (exact) mass is 1490 g/mol. The van der Waals surface area contributed by atoms with Crippen molar-refractivity contribution in [2.45, 2.75) is 6.42 Å². The Morgan fingerprint density at radius 3 is 0.963 bits per heavy atom. The number of hydrogen-bond donors (Lipinski definition) is 0. The summed E-state index contributed by atoms with van der Waals surface area (Å²) in [4.78, 5) is 9.27. The van der Waals surface area contributed by atoms with Crippen LogP contribution in [0.2, 0.25) is 0 Å². The SMILES string of the molecule is c1ccc(N(c2ccccc2)c2cc[c]3c(c2)-c2oc4ccc(N(c5ccccc5)c5ccccc5)cc4[c]2[Sn]3([c]2ccccc2)[c]2ccccc2)cc1.c1ccc(N(c2ccccc2)c2ccc(-c3ccc4c(c3)-c3oc5cc(-c6ccc(N(c7ccccc7)c7ccccc7)cc6)ccc5c3C4)cc2)cc1. The maximum absolute atomic E-state index is 7.14. The van der Waals surface area contributed by atoms with E-state index in [-0.39, 0.29) is 0 Å². The minimum Gasteiger partial charge on any atom is -0.456 e. The Hall–Kier alpha value is -13.4. The summed E-state index contributed by atoms with van der Waals surface area (Å²) in [7, 11) is 0. The van der Waals surface area contributed by atoms with Gasteiger partial charge in [0.1, 0.15) is 11.3 Å². The predicted molar refractivity (Wildman–Crippen MR) is 453 cm³/mol. The number of fused-ring (bicyclic) bond motifs is 10. The van der Waals surface area contributed by atoms with E-state index in [1.54, 1.807) is 0 Å². The minimum absolute atomic E-state index is 0.878. The first-order chi connectivity index (χ1) is 53.6. The van der Waals surface area contributed by atoms with Crippen molar-refractivity contribution in [2.24, 2.45) is 0 Å². The van der Waals surface area contributed by atoms with E-state index in [1.807, 2.05) is 0 Å². The normalized spacial score (nSPS) is 12.1. The zero-order chi connectivity index (χ0) is 71.7. The van der Waals surface area contributed by atoms with Crippen LogP contribution in [0.5, 0.6) is 0 Å². The van der Waals surface area contributed by atoms with Crippen LogP contribution < -0.4 is 33.9 Å². The summed E-state index contributed by atoms with van der Waals surface area (Å²) in [6.07, 6.45) is 0.878. The zero-order valence-corrected chi connectivity index (χ0v) is 62.1. The average Bonchev–Trinajstić information content (AvgIpc) is 1.51. The van der Waals surface area contributed by atoms with Gasteiger partial charge in [-0.3, -0.25) is 0 Å². The van der Waals surface area contributed by atoms with Crippen molar-refractivity contribution in [1.82, 2.24) is 0 Å². The summed E-state index contributed by atoms with van der Waals surface area (Å²) in [6, 6.07) is 152. The number of anilines is 12. The van der Waals surface area contributed by atoms with Gasteiger partial charge in [0.15, 0.2) is 0 Å². The van der Waals surface area contributed by atoms with E-state index in [1.165, 1.54) is 58.5 Å². The first-order valence-electron chi connectivity index (χ1n) is 36.9. The Morgan fingerprint density at radius 2 is 0.546 bits per heavy atom. The number of para-hydroxylation sites is 8. The summed E-state index contributed by atoms with van der Waals surface area (Å²) < 4.78 is 19.4. The van der Waals surface area contributed by atoms with Crippen molar-refractivity contribution in [3.8, 4) is 44.9 Å². The molecule has 2 aliphatic rings. The molecule has 18 aromatic rings. The van der Waals surface area contributed by atoms with Gasteiger partial charge in [0, 0.05) is 57.1 Å². The molecule has 108 heavy (non-hydrogen) atoms. The molecule has 512 valence electrons. The fourth-order valence-electron chi connectivity index (χ4n) is 16.3. The van der Waals surface area contributed by atoms with Gasteiger partial charge < -0.3 is 14.2 Å². The average molecular weight is 1490 g/mol. The van der Waals surface area contributed by atoms with Crippen molar-refractivity contribution in [3.05, 3.63) is 436 Å². The predicted octanol–water partition coefficient (Wildman–Crippen LogP) is 25.0. The van der Waals surface area contributed by atoms with E-state index in [9.17, 15) is 0 Å². The smallest absolute Gasteiger partial charge is 0.139 e. The van der Waals surface area contributed by atoms with Crippen molar-refractivity contribution in [1.29, 1.82) is 0 Å². The molecule has 0 spiro atoms. The molecule has 0 atom stereocenters. The molecule has 0 fully saturated rings. The summed E-state index contributed by atoms with van der Waals surface area (Å²) in [5.41, 5.74) is 24.8. The molecular formula is C101H72N4O2Sn. The van der Waals surface area contributed by atoms with Gasteiger partial charge in [0.2, 0.25) is 0 Å². The number of rotatable bonds is 16. The Morgan fingerprint density at radius 1 is 0.222 bits per heavy atom. The molecule has 20 rings (SSSR count). The fourth-order valence-corrected chi connectivity index (χ4v) is 31.2. The van der Waals surface area contributed by atoms with Gasteiger partial charge >= 0.3 is 322 Å². The van der Waals surface area contributed by atoms with Crippen molar-refractivity contribution in [2.75, 3.05) is 19.6 Å². The second-order valence-electron chi connectivity index (χ2n) is 27.5. The van der Waals surface area contributed by atoms with Crippen LogP contribution in [-0.2, 0) is 6.42 Å². The molecule has 6 nitrogen and oxygen atoms in total. The van der Waals surface area contributed by atoms with E-state index < -0.39 is 18.4 Å². The topological polar surface area (TPSA) is 39.2 Å². The molecule has 16 aromatic carbocycles. The van der Waals surface area contributed by atoms with Crippen LogP contribution >= 0.6 is 0 Å². The molecule has 0 unspecified atom stereocenters. The first kappa shape index (κ1) is 65.4. The Balaban J connectivity index is 0.000000147. The van der Waals surface area contributed by atoms with Crippen molar-refractivity contribution >= 4 is 123 Å². The largest absolute Gasteiger partial charge is 0.456 e. The van der Waals surface area contributed by atoms with Gasteiger partial charge in [-0.25, -0.2) is 0 Å². The Labute approximate surface area is 633 Å². The minimum atomic E-state index is -4.06. The zero-order valence-electron chi connectivity index (χ0n) is 59.2. The van der Waals surface area contributed by atoms with Crippen LogP contribution in [0.25, 0.3) is 66.8 Å². The van der Waals surface area contributed by atoms with E-state index >= 15 is 0 Å². The van der Waals surface area contributed by atoms with Crippen LogP contribution in [0.15, 0.2) is 433 Å². The molecule has 0 amide bonds. The standard InChI is InChI=1S/C51H36N2O.C38H26N2O.2C6H5.Sn/c1-5-13-41(14-6-1)52(42-15-7-2-8-16-42)45-28-23-36(24-29-45)38-21-22-40-34-49-47-32-27-39(35-50(47)54-51(49)48(40)33-38)37-25-30-46(31-26-37)53(43-17-9-3-10-18-43)44-19-11-4-12-20-44;1-5-15-31(16-6-1)39(32-17-7-2-8-18-32)35-23-13-14-29(26-35)38-28-30-27-36(24-25-37(30)41-38)40(33-19-9-3-10-20-33)34-21-11-4-12-22-34;2*1-2-4-6-5-3-1;/h1-33,35H,34H2;1-13,15-27H;2*1-5H;. The van der Waals surface area contributed by atoms with Crippen LogP contribution in [-0.4, -0.2) is 18.4 Å². The summed E-state index contributed by atoms with van der Waals surface area (Å²) in [5.74, 6) is 1.99. The van der Waals surface area contributed by atoms with E-state index in [4.69, 9.17) is 8.83 Å². The molecule has 0 saturated heterocycles. The van der Waals surface area contributed by atoms with Gasteiger partial charge in [0.05, 0.1) is 0 Å². The summed E-state index contributed by atoms with van der Waals surface area (Å²) in [6.45, 7) is 0. The molecule has 1 aliphatic carbocycles. The molecular weight excluding hydrogens is 1420 g/mol. The molecule has 1 aliphatic heterocycles. The van der Waals surface area contributed by atoms with Gasteiger partial charge in [-0.1, -0.05) is 121 Å². The van der Waals surface area contributed by atoms with Gasteiger partial charge in [-0.15, -0.1) is 0 Å². The number of nitrogens with zero attached hydrogens (tertiary/aromatic N) is 4. The summed E-state index contributed by atoms with van der Waals surface area (Å²) >= 11 is -4.06. The maximum Gasteiger partial charge on any atom is 0.139 e. The second kappa shape index (κ2) is 28.6. The van der Waals surface area contributed by atoms with Gasteiger partial charge in [-0.2, -0.15) is 0 Å². The van der Waals surface area contributed by atoms with Crippen LogP contribution in [0.1, 0.15) is 11.1 Å². The molecule has 0 bridgehead atoms. The third kappa shape index (κ3) is 12.0. The van der Waals surface area contributed by atoms with Crippen LogP contribution in [0.3, 0.4) is 0 Å². The van der Waals surface area contributed by atoms with Crippen molar-refractivity contribution in [3.63, 3.8) is 0 Å². The third-order valence-corrected chi connectivity index (χ3v) is 35.1. The summed E-state index contributed by atoms with van der Waals surface area (Å²) in [5, 5.41) is 2.37. The Kier molecular flexibility index (Phi) is 17.3. The fraction of sp³-hybridized carbons (Fsp3) is 0.00990. The van der Waals surface area contributed by atoms with E-state index in [0.717, 1.165) is 108 Å².